The molecule has 1 amide bonds. The SMILES string of the molecule is Cc1ccc(C(=O)Nc2cc(C(F)(F)F)ccc2N2CCCCC2)cc1O. The maximum Gasteiger partial charge on any atom is 0.416 e. The van der Waals surface area contributed by atoms with Crippen LogP contribution >= 0.6 is 0 Å². The number of halogens is 3. The Hall–Kier alpha value is -2.70. The number of benzene rings is 2. The van der Waals surface area contributed by atoms with Crippen molar-refractivity contribution in [3.8, 4) is 5.75 Å². The third-order valence-electron chi connectivity index (χ3n) is 4.74. The van der Waals surface area contributed by atoms with E-state index < -0.39 is 17.6 Å². The number of amides is 1. The summed E-state index contributed by atoms with van der Waals surface area (Å²) in [5.74, 6) is -0.606. The standard InChI is InChI=1S/C20H21F3N2O2/c1-13-5-6-14(11-18(13)26)19(27)24-16-12-15(20(21,22)23)7-8-17(16)25-9-3-2-4-10-25/h5-8,11-12,26H,2-4,9-10H2,1H3,(H,24,27). The Balaban J connectivity index is 1.94. The van der Waals surface area contributed by atoms with Crippen molar-refractivity contribution in [3.05, 3.63) is 53.1 Å². The molecule has 2 aromatic carbocycles. The maximum absolute atomic E-state index is 13.1. The van der Waals surface area contributed by atoms with Crippen molar-refractivity contribution in [2.45, 2.75) is 32.4 Å². The topological polar surface area (TPSA) is 52.6 Å². The van der Waals surface area contributed by atoms with Gasteiger partial charge in [0, 0.05) is 18.7 Å². The molecule has 144 valence electrons. The predicted molar refractivity (Wildman–Crippen MR) is 98.3 cm³/mol. The number of aryl methyl sites for hydroxylation is 1. The number of hydrogen-bond acceptors (Lipinski definition) is 3. The second kappa shape index (κ2) is 7.50. The van der Waals surface area contributed by atoms with Crippen LogP contribution in [0.4, 0.5) is 24.5 Å². The highest BCUT2D eigenvalue weighted by Gasteiger charge is 2.32. The van der Waals surface area contributed by atoms with E-state index in [-0.39, 0.29) is 17.0 Å². The number of hydrogen-bond donors (Lipinski definition) is 2. The van der Waals surface area contributed by atoms with Crippen molar-refractivity contribution >= 4 is 17.3 Å². The molecule has 0 atom stereocenters. The van der Waals surface area contributed by atoms with Gasteiger partial charge in [-0.1, -0.05) is 6.07 Å². The summed E-state index contributed by atoms with van der Waals surface area (Å²) in [5, 5.41) is 12.4. The van der Waals surface area contributed by atoms with Crippen molar-refractivity contribution in [2.24, 2.45) is 0 Å². The second-order valence-corrected chi connectivity index (χ2v) is 6.73. The van der Waals surface area contributed by atoms with E-state index in [2.05, 4.69) is 5.32 Å². The lowest BCUT2D eigenvalue weighted by Gasteiger charge is -2.31. The molecule has 2 aromatic rings. The second-order valence-electron chi connectivity index (χ2n) is 6.73. The van der Waals surface area contributed by atoms with E-state index in [0.717, 1.165) is 44.5 Å². The van der Waals surface area contributed by atoms with Crippen LogP contribution in [0.5, 0.6) is 5.75 Å². The Morgan fingerprint density at radius 2 is 1.78 bits per heavy atom. The lowest BCUT2D eigenvalue weighted by atomic mass is 10.1. The zero-order valence-electron chi connectivity index (χ0n) is 14.9. The molecule has 1 aliphatic heterocycles. The summed E-state index contributed by atoms with van der Waals surface area (Å²) < 4.78 is 39.4. The first kappa shape index (κ1) is 19.1. The summed E-state index contributed by atoms with van der Waals surface area (Å²) >= 11 is 0. The number of carbonyl (C=O) groups is 1. The van der Waals surface area contributed by atoms with Crippen molar-refractivity contribution < 1.29 is 23.1 Å². The molecule has 0 radical (unpaired) electrons. The Morgan fingerprint density at radius 3 is 2.41 bits per heavy atom. The third-order valence-corrected chi connectivity index (χ3v) is 4.74. The molecule has 0 bridgehead atoms. The number of rotatable bonds is 3. The average Bonchev–Trinajstić information content (AvgIpc) is 2.64. The molecule has 0 aliphatic carbocycles. The van der Waals surface area contributed by atoms with Gasteiger partial charge in [0.25, 0.3) is 5.91 Å². The molecule has 2 N–H and O–H groups in total. The lowest BCUT2D eigenvalue weighted by Crippen LogP contribution is -2.30. The van der Waals surface area contributed by atoms with Crippen molar-refractivity contribution in [1.82, 2.24) is 0 Å². The van der Waals surface area contributed by atoms with Crippen LogP contribution in [-0.2, 0) is 6.18 Å². The number of alkyl halides is 3. The van der Waals surface area contributed by atoms with E-state index in [1.807, 2.05) is 4.90 Å². The molecule has 1 heterocycles. The minimum absolute atomic E-state index is 0.0389. The van der Waals surface area contributed by atoms with Crippen LogP contribution < -0.4 is 10.2 Å². The van der Waals surface area contributed by atoms with E-state index in [1.165, 1.54) is 18.2 Å². The van der Waals surface area contributed by atoms with Crippen LogP contribution in [0, 0.1) is 6.92 Å². The zero-order valence-corrected chi connectivity index (χ0v) is 14.9. The molecule has 7 heteroatoms. The van der Waals surface area contributed by atoms with Crippen LogP contribution in [0.15, 0.2) is 36.4 Å². The lowest BCUT2D eigenvalue weighted by molar-refractivity contribution is -0.137. The summed E-state index contributed by atoms with van der Waals surface area (Å²) in [5.41, 5.74) is 0.675. The molecule has 27 heavy (non-hydrogen) atoms. The molecule has 0 saturated carbocycles. The van der Waals surface area contributed by atoms with Gasteiger partial charge in [0.2, 0.25) is 0 Å². The Bertz CT molecular complexity index is 844. The van der Waals surface area contributed by atoms with E-state index in [0.29, 0.717) is 11.3 Å². The number of anilines is 2. The monoisotopic (exact) mass is 378 g/mol. The minimum atomic E-state index is -4.50. The molecule has 3 rings (SSSR count). The third kappa shape index (κ3) is 4.35. The van der Waals surface area contributed by atoms with Gasteiger partial charge in [0.1, 0.15) is 5.75 Å². The zero-order chi connectivity index (χ0) is 19.6. The molecular weight excluding hydrogens is 357 g/mol. The van der Waals surface area contributed by atoms with Crippen molar-refractivity contribution in [1.29, 1.82) is 0 Å². The quantitative estimate of drug-likeness (QED) is 0.794. The fourth-order valence-electron chi connectivity index (χ4n) is 3.17. The van der Waals surface area contributed by atoms with Gasteiger partial charge in [0.05, 0.1) is 16.9 Å². The van der Waals surface area contributed by atoms with Gasteiger partial charge in [-0.2, -0.15) is 13.2 Å². The van der Waals surface area contributed by atoms with E-state index in [9.17, 15) is 23.1 Å². The first-order chi connectivity index (χ1) is 12.8. The van der Waals surface area contributed by atoms with Crippen LogP contribution in [0.25, 0.3) is 0 Å². The Morgan fingerprint density at radius 1 is 1.07 bits per heavy atom. The molecule has 1 aliphatic rings. The van der Waals surface area contributed by atoms with Gasteiger partial charge >= 0.3 is 6.18 Å². The van der Waals surface area contributed by atoms with Gasteiger partial charge in [-0.3, -0.25) is 4.79 Å². The highest BCUT2D eigenvalue weighted by molar-refractivity contribution is 6.06. The number of aromatic hydroxyl groups is 1. The summed E-state index contributed by atoms with van der Waals surface area (Å²) in [6.45, 7) is 3.16. The molecule has 1 fully saturated rings. The summed E-state index contributed by atoms with van der Waals surface area (Å²) in [4.78, 5) is 14.5. The van der Waals surface area contributed by atoms with Gasteiger partial charge in [-0.15, -0.1) is 0 Å². The normalized spacial score (nSPS) is 14.9. The molecule has 0 unspecified atom stereocenters. The largest absolute Gasteiger partial charge is 0.508 e. The molecule has 4 nitrogen and oxygen atoms in total. The van der Waals surface area contributed by atoms with Gasteiger partial charge < -0.3 is 15.3 Å². The predicted octanol–water partition coefficient (Wildman–Crippen LogP) is 4.96. The number of carbonyl (C=O) groups excluding carboxylic acids is 1. The summed E-state index contributed by atoms with van der Waals surface area (Å²) in [6, 6.07) is 7.84. The average molecular weight is 378 g/mol. The van der Waals surface area contributed by atoms with Gasteiger partial charge in [-0.25, -0.2) is 0 Å². The van der Waals surface area contributed by atoms with Crippen LogP contribution in [-0.4, -0.2) is 24.1 Å². The first-order valence-corrected chi connectivity index (χ1v) is 8.83. The Labute approximate surface area is 155 Å². The molecule has 0 aromatic heterocycles. The van der Waals surface area contributed by atoms with E-state index in [1.54, 1.807) is 13.0 Å². The van der Waals surface area contributed by atoms with Crippen LogP contribution in [0.1, 0.15) is 40.7 Å². The highest BCUT2D eigenvalue weighted by atomic mass is 19.4. The number of nitrogens with zero attached hydrogens (tertiary/aromatic N) is 1. The molecular formula is C20H21F3N2O2. The number of piperidine rings is 1. The van der Waals surface area contributed by atoms with Crippen LogP contribution in [0.3, 0.4) is 0 Å². The fraction of sp³-hybridized carbons (Fsp3) is 0.350. The molecule has 0 spiro atoms. The highest BCUT2D eigenvalue weighted by Crippen LogP contribution is 2.36. The number of phenols is 1. The maximum atomic E-state index is 13.1. The first-order valence-electron chi connectivity index (χ1n) is 8.83. The van der Waals surface area contributed by atoms with Crippen molar-refractivity contribution in [2.75, 3.05) is 23.3 Å². The summed E-state index contributed by atoms with van der Waals surface area (Å²) in [6.07, 6.45) is -1.50. The summed E-state index contributed by atoms with van der Waals surface area (Å²) in [7, 11) is 0. The number of phenolic OH excluding ortho intramolecular Hbond substituents is 1. The van der Waals surface area contributed by atoms with E-state index >= 15 is 0 Å². The smallest absolute Gasteiger partial charge is 0.416 e. The molecule has 1 saturated heterocycles. The van der Waals surface area contributed by atoms with Gasteiger partial charge in [0.15, 0.2) is 0 Å². The fourth-order valence-corrected chi connectivity index (χ4v) is 3.17. The minimum Gasteiger partial charge on any atom is -0.508 e. The van der Waals surface area contributed by atoms with Crippen molar-refractivity contribution in [3.63, 3.8) is 0 Å². The number of nitrogens with one attached hydrogen (secondary N) is 1. The Kier molecular flexibility index (Phi) is 5.30. The van der Waals surface area contributed by atoms with E-state index in [4.69, 9.17) is 0 Å². The van der Waals surface area contributed by atoms with Crippen LogP contribution in [0.2, 0.25) is 0 Å². The van der Waals surface area contributed by atoms with Gasteiger partial charge in [-0.05, 0) is 62.1 Å².